The molecule has 4 nitrogen and oxygen atoms in total. The van der Waals surface area contributed by atoms with E-state index in [2.05, 4.69) is 135 Å². The Kier molecular flexibility index (Phi) is 5.13. The Labute approximate surface area is 238 Å². The molecule has 0 saturated heterocycles. The topological polar surface area (TPSA) is 51.6 Å². The van der Waals surface area contributed by atoms with Gasteiger partial charge in [-0.1, -0.05) is 129 Å². The Balaban J connectivity index is 1.39. The number of rotatable bonds is 3. The van der Waals surface area contributed by atoms with Crippen molar-refractivity contribution in [2.24, 2.45) is 0 Å². The lowest BCUT2D eigenvalue weighted by atomic mass is 9.83. The first-order valence-electron chi connectivity index (χ1n) is 13.9. The molecule has 0 atom stereocenters. The summed E-state index contributed by atoms with van der Waals surface area (Å²) < 4.78 is 0. The molecule has 0 radical (unpaired) electrons. The minimum atomic E-state index is -0.112. The van der Waals surface area contributed by atoms with Gasteiger partial charge in [-0.05, 0) is 38.7 Å². The molecular formula is C37H26N4. The smallest absolute Gasteiger partial charge is 0.182 e. The van der Waals surface area contributed by atoms with Crippen molar-refractivity contribution in [3.05, 3.63) is 132 Å². The van der Waals surface area contributed by atoms with Crippen LogP contribution < -0.4 is 0 Å². The standard InChI is InChI=1S/C37H26N4/c1-37(2)30-20-8-7-17-29(30)33-31(37)21-22-32(38-33)36-40-34(27-18-9-13-23-11-3-5-15-25(23)27)39-35(41-36)28-19-10-14-24-12-4-6-16-26(24)28/h3-22H,1-2H3. The molecule has 1 aliphatic carbocycles. The van der Waals surface area contributed by atoms with Gasteiger partial charge in [0, 0.05) is 22.1 Å². The van der Waals surface area contributed by atoms with Gasteiger partial charge in [-0.15, -0.1) is 0 Å². The van der Waals surface area contributed by atoms with E-state index >= 15 is 0 Å². The van der Waals surface area contributed by atoms with Crippen LogP contribution in [0.15, 0.2) is 121 Å². The Bertz CT molecular complexity index is 2040. The summed E-state index contributed by atoms with van der Waals surface area (Å²) in [5, 5.41) is 4.50. The summed E-state index contributed by atoms with van der Waals surface area (Å²) in [6, 6.07) is 42.0. The van der Waals surface area contributed by atoms with Crippen LogP contribution in [0.2, 0.25) is 0 Å². The molecule has 2 aromatic heterocycles. The quantitative estimate of drug-likeness (QED) is 0.231. The second-order valence-electron chi connectivity index (χ2n) is 11.1. The maximum absolute atomic E-state index is 5.20. The number of hydrogen-bond donors (Lipinski definition) is 0. The minimum absolute atomic E-state index is 0.112. The zero-order valence-electron chi connectivity index (χ0n) is 22.8. The molecule has 4 heteroatoms. The van der Waals surface area contributed by atoms with Gasteiger partial charge in [0.15, 0.2) is 17.5 Å². The van der Waals surface area contributed by atoms with Crippen molar-refractivity contribution in [1.82, 2.24) is 19.9 Å². The molecule has 1 aliphatic rings. The number of pyridine rings is 1. The van der Waals surface area contributed by atoms with E-state index in [4.69, 9.17) is 19.9 Å². The molecule has 194 valence electrons. The van der Waals surface area contributed by atoms with Gasteiger partial charge in [-0.3, -0.25) is 0 Å². The molecule has 2 heterocycles. The summed E-state index contributed by atoms with van der Waals surface area (Å²) in [6.45, 7) is 4.53. The predicted molar refractivity (Wildman–Crippen MR) is 167 cm³/mol. The van der Waals surface area contributed by atoms with Crippen molar-refractivity contribution < 1.29 is 0 Å². The summed E-state index contributed by atoms with van der Waals surface area (Å²) in [5.41, 5.74) is 7.26. The van der Waals surface area contributed by atoms with Crippen molar-refractivity contribution in [2.75, 3.05) is 0 Å². The first-order valence-corrected chi connectivity index (χ1v) is 13.9. The van der Waals surface area contributed by atoms with Crippen LogP contribution in [-0.2, 0) is 5.41 Å². The van der Waals surface area contributed by atoms with Gasteiger partial charge in [-0.2, -0.15) is 0 Å². The highest BCUT2D eigenvalue weighted by Crippen LogP contribution is 2.48. The van der Waals surface area contributed by atoms with Crippen LogP contribution in [-0.4, -0.2) is 19.9 Å². The van der Waals surface area contributed by atoms with Crippen LogP contribution in [0.4, 0.5) is 0 Å². The molecule has 8 rings (SSSR count). The highest BCUT2D eigenvalue weighted by molar-refractivity contribution is 5.97. The van der Waals surface area contributed by atoms with Gasteiger partial charge in [-0.25, -0.2) is 19.9 Å². The summed E-state index contributed by atoms with van der Waals surface area (Å²) in [5.74, 6) is 1.84. The normalized spacial score (nSPS) is 13.3. The molecule has 0 bridgehead atoms. The average Bonchev–Trinajstić information content (AvgIpc) is 3.26. The van der Waals surface area contributed by atoms with Gasteiger partial charge in [0.05, 0.1) is 5.69 Å². The third kappa shape index (κ3) is 3.68. The van der Waals surface area contributed by atoms with E-state index in [0.29, 0.717) is 17.5 Å². The van der Waals surface area contributed by atoms with Crippen molar-refractivity contribution in [3.8, 4) is 45.6 Å². The van der Waals surface area contributed by atoms with Crippen LogP contribution in [0, 0.1) is 0 Å². The summed E-state index contributed by atoms with van der Waals surface area (Å²) >= 11 is 0. The number of hydrogen-bond acceptors (Lipinski definition) is 4. The molecule has 41 heavy (non-hydrogen) atoms. The van der Waals surface area contributed by atoms with Crippen LogP contribution in [0.5, 0.6) is 0 Å². The lowest BCUT2D eigenvalue weighted by Gasteiger charge is -2.20. The predicted octanol–water partition coefficient (Wildman–Crippen LogP) is 8.88. The second-order valence-corrected chi connectivity index (χ2v) is 11.1. The van der Waals surface area contributed by atoms with Gasteiger partial charge in [0.1, 0.15) is 5.69 Å². The lowest BCUT2D eigenvalue weighted by Crippen LogP contribution is -2.15. The summed E-state index contributed by atoms with van der Waals surface area (Å²) in [6.07, 6.45) is 0. The van der Waals surface area contributed by atoms with Gasteiger partial charge < -0.3 is 0 Å². The highest BCUT2D eigenvalue weighted by Gasteiger charge is 2.36. The summed E-state index contributed by atoms with van der Waals surface area (Å²) in [4.78, 5) is 20.4. The molecule has 0 aliphatic heterocycles. The van der Waals surface area contributed by atoms with Crippen molar-refractivity contribution in [3.63, 3.8) is 0 Å². The molecule has 0 unspecified atom stereocenters. The Morgan fingerprint density at radius 2 is 0.927 bits per heavy atom. The zero-order chi connectivity index (χ0) is 27.6. The van der Waals surface area contributed by atoms with E-state index < -0.39 is 0 Å². The van der Waals surface area contributed by atoms with Crippen molar-refractivity contribution in [1.29, 1.82) is 0 Å². The molecule has 0 spiro atoms. The molecule has 0 fully saturated rings. The average molecular weight is 527 g/mol. The Morgan fingerprint density at radius 3 is 1.59 bits per heavy atom. The first kappa shape index (κ1) is 23.6. The highest BCUT2D eigenvalue weighted by atomic mass is 15.0. The molecule has 5 aromatic carbocycles. The van der Waals surface area contributed by atoms with E-state index in [0.717, 1.165) is 44.1 Å². The molecule has 0 N–H and O–H groups in total. The largest absolute Gasteiger partial charge is 0.244 e. The molecular weight excluding hydrogens is 500 g/mol. The van der Waals surface area contributed by atoms with E-state index in [9.17, 15) is 0 Å². The van der Waals surface area contributed by atoms with E-state index in [-0.39, 0.29) is 5.41 Å². The van der Waals surface area contributed by atoms with Gasteiger partial charge in [0.25, 0.3) is 0 Å². The SMILES string of the molecule is CC1(C)c2ccccc2-c2nc(-c3nc(-c4cccc5ccccc45)nc(-c4cccc5ccccc45)n3)ccc21. The Morgan fingerprint density at radius 1 is 0.415 bits per heavy atom. The van der Waals surface area contributed by atoms with E-state index in [1.165, 1.54) is 16.7 Å². The van der Waals surface area contributed by atoms with Gasteiger partial charge in [0.2, 0.25) is 0 Å². The van der Waals surface area contributed by atoms with Crippen LogP contribution >= 0.6 is 0 Å². The number of benzene rings is 5. The van der Waals surface area contributed by atoms with E-state index in [1.807, 2.05) is 0 Å². The Hall–Kier alpha value is -5.22. The monoisotopic (exact) mass is 526 g/mol. The van der Waals surface area contributed by atoms with E-state index in [1.54, 1.807) is 0 Å². The van der Waals surface area contributed by atoms with Crippen molar-refractivity contribution >= 4 is 21.5 Å². The van der Waals surface area contributed by atoms with Gasteiger partial charge >= 0.3 is 0 Å². The fraction of sp³-hybridized carbons (Fsp3) is 0.0811. The third-order valence-corrected chi connectivity index (χ3v) is 8.35. The number of nitrogens with zero attached hydrogens (tertiary/aromatic N) is 4. The van der Waals surface area contributed by atoms with Crippen LogP contribution in [0.3, 0.4) is 0 Å². The number of aromatic nitrogens is 4. The minimum Gasteiger partial charge on any atom is -0.244 e. The fourth-order valence-corrected chi connectivity index (χ4v) is 6.25. The number of fused-ring (bicyclic) bond motifs is 5. The van der Waals surface area contributed by atoms with Crippen LogP contribution in [0.25, 0.3) is 67.1 Å². The first-order chi connectivity index (χ1) is 20.1. The second kappa shape index (κ2) is 8.90. The van der Waals surface area contributed by atoms with Crippen LogP contribution in [0.1, 0.15) is 25.0 Å². The lowest BCUT2D eigenvalue weighted by molar-refractivity contribution is 0.659. The van der Waals surface area contributed by atoms with Crippen molar-refractivity contribution in [2.45, 2.75) is 19.3 Å². The zero-order valence-corrected chi connectivity index (χ0v) is 22.8. The molecule has 7 aromatic rings. The maximum Gasteiger partial charge on any atom is 0.182 e. The fourth-order valence-electron chi connectivity index (χ4n) is 6.25. The maximum atomic E-state index is 5.20. The third-order valence-electron chi connectivity index (χ3n) is 8.35. The molecule has 0 saturated carbocycles. The summed E-state index contributed by atoms with van der Waals surface area (Å²) in [7, 11) is 0. The molecule has 0 amide bonds.